The van der Waals surface area contributed by atoms with Crippen molar-refractivity contribution >= 4 is 0 Å². The van der Waals surface area contributed by atoms with Crippen molar-refractivity contribution in [3.63, 3.8) is 0 Å². The molecule has 0 bridgehead atoms. The SMILES string of the molecule is CC(C)C1[C@@H](C)[C@H]1C. The lowest BCUT2D eigenvalue weighted by atomic mass is 10.1. The van der Waals surface area contributed by atoms with Gasteiger partial charge in [0.15, 0.2) is 0 Å². The first-order valence-electron chi connectivity index (χ1n) is 3.64. The van der Waals surface area contributed by atoms with Gasteiger partial charge in [-0.1, -0.05) is 27.7 Å². The van der Waals surface area contributed by atoms with Crippen molar-refractivity contribution in [2.24, 2.45) is 23.7 Å². The highest BCUT2D eigenvalue weighted by molar-refractivity contribution is 4.92. The molecule has 0 aliphatic heterocycles. The maximum atomic E-state index is 2.36. The van der Waals surface area contributed by atoms with Gasteiger partial charge in [-0.15, -0.1) is 0 Å². The Morgan fingerprint density at radius 3 is 1.38 bits per heavy atom. The van der Waals surface area contributed by atoms with E-state index in [4.69, 9.17) is 0 Å². The Bertz CT molecular complexity index is 69.3. The minimum absolute atomic E-state index is 0.917. The molecule has 1 aliphatic carbocycles. The molecule has 8 heavy (non-hydrogen) atoms. The summed E-state index contributed by atoms with van der Waals surface area (Å²) in [5, 5.41) is 0. The summed E-state index contributed by atoms with van der Waals surface area (Å²) in [6.45, 7) is 9.36. The molecule has 3 atom stereocenters. The predicted octanol–water partition coefficient (Wildman–Crippen LogP) is 2.54. The van der Waals surface area contributed by atoms with E-state index >= 15 is 0 Å². The first-order valence-corrected chi connectivity index (χ1v) is 3.64. The molecule has 1 unspecified atom stereocenters. The van der Waals surface area contributed by atoms with E-state index in [-0.39, 0.29) is 0 Å². The second-order valence-corrected chi connectivity index (χ2v) is 3.54. The quantitative estimate of drug-likeness (QED) is 0.489. The van der Waals surface area contributed by atoms with E-state index in [2.05, 4.69) is 27.7 Å². The summed E-state index contributed by atoms with van der Waals surface area (Å²) in [6, 6.07) is 0. The molecular formula is C8H16. The van der Waals surface area contributed by atoms with Crippen LogP contribution in [-0.2, 0) is 0 Å². The Morgan fingerprint density at radius 2 is 1.38 bits per heavy atom. The zero-order chi connectivity index (χ0) is 6.31. The van der Waals surface area contributed by atoms with E-state index in [0.29, 0.717) is 0 Å². The summed E-state index contributed by atoms with van der Waals surface area (Å²) >= 11 is 0. The highest BCUT2D eigenvalue weighted by Crippen LogP contribution is 2.49. The molecule has 0 aromatic carbocycles. The number of rotatable bonds is 1. The van der Waals surface area contributed by atoms with Crippen molar-refractivity contribution in [1.82, 2.24) is 0 Å². The van der Waals surface area contributed by atoms with Crippen molar-refractivity contribution in [2.45, 2.75) is 27.7 Å². The molecule has 0 radical (unpaired) electrons. The van der Waals surface area contributed by atoms with E-state index in [0.717, 1.165) is 23.7 Å². The third-order valence-electron chi connectivity index (χ3n) is 2.67. The Balaban J connectivity index is 2.33. The maximum absolute atomic E-state index is 2.36. The molecular weight excluding hydrogens is 96.1 g/mol. The summed E-state index contributed by atoms with van der Waals surface area (Å²) in [6.07, 6.45) is 0. The molecule has 0 nitrogen and oxygen atoms in total. The van der Waals surface area contributed by atoms with Gasteiger partial charge in [0.25, 0.3) is 0 Å². The van der Waals surface area contributed by atoms with Crippen molar-refractivity contribution in [3.05, 3.63) is 0 Å². The van der Waals surface area contributed by atoms with Crippen LogP contribution in [0.25, 0.3) is 0 Å². The minimum Gasteiger partial charge on any atom is -0.0625 e. The van der Waals surface area contributed by atoms with Crippen LogP contribution in [0.2, 0.25) is 0 Å². The highest BCUT2D eigenvalue weighted by Gasteiger charge is 2.44. The van der Waals surface area contributed by atoms with E-state index in [9.17, 15) is 0 Å². The van der Waals surface area contributed by atoms with Crippen molar-refractivity contribution in [3.8, 4) is 0 Å². The fourth-order valence-corrected chi connectivity index (χ4v) is 1.92. The van der Waals surface area contributed by atoms with Crippen LogP contribution in [-0.4, -0.2) is 0 Å². The molecule has 0 N–H and O–H groups in total. The second-order valence-electron chi connectivity index (χ2n) is 3.54. The third-order valence-corrected chi connectivity index (χ3v) is 2.67. The minimum atomic E-state index is 0.917. The molecule has 0 heteroatoms. The largest absolute Gasteiger partial charge is 0.0625 e. The van der Waals surface area contributed by atoms with Gasteiger partial charge >= 0.3 is 0 Å². The van der Waals surface area contributed by atoms with Gasteiger partial charge in [-0.25, -0.2) is 0 Å². The van der Waals surface area contributed by atoms with Crippen molar-refractivity contribution in [2.75, 3.05) is 0 Å². The number of hydrogen-bond acceptors (Lipinski definition) is 0. The van der Waals surface area contributed by atoms with Crippen LogP contribution in [0.3, 0.4) is 0 Å². The van der Waals surface area contributed by atoms with Gasteiger partial charge < -0.3 is 0 Å². The van der Waals surface area contributed by atoms with E-state index in [1.807, 2.05) is 0 Å². The second kappa shape index (κ2) is 1.75. The van der Waals surface area contributed by atoms with Gasteiger partial charge in [0.05, 0.1) is 0 Å². The van der Waals surface area contributed by atoms with Crippen LogP contribution in [0.4, 0.5) is 0 Å². The molecule has 0 aromatic rings. The van der Waals surface area contributed by atoms with Gasteiger partial charge in [-0.05, 0) is 23.7 Å². The Hall–Kier alpha value is 0. The van der Waals surface area contributed by atoms with Crippen LogP contribution in [0.1, 0.15) is 27.7 Å². The Morgan fingerprint density at radius 1 is 1.00 bits per heavy atom. The Kier molecular flexibility index (Phi) is 1.34. The third kappa shape index (κ3) is 0.765. The summed E-state index contributed by atoms with van der Waals surface area (Å²) in [7, 11) is 0. The molecule has 1 aliphatic rings. The van der Waals surface area contributed by atoms with E-state index in [1.54, 1.807) is 0 Å². The summed E-state index contributed by atoms with van der Waals surface area (Å²) in [5.41, 5.74) is 0. The molecule has 48 valence electrons. The van der Waals surface area contributed by atoms with Gasteiger partial charge in [-0.2, -0.15) is 0 Å². The molecule has 0 saturated heterocycles. The monoisotopic (exact) mass is 112 g/mol. The summed E-state index contributed by atoms with van der Waals surface area (Å²) in [5.74, 6) is 3.97. The zero-order valence-corrected chi connectivity index (χ0v) is 6.31. The van der Waals surface area contributed by atoms with Crippen LogP contribution >= 0.6 is 0 Å². The molecule has 1 fully saturated rings. The van der Waals surface area contributed by atoms with Crippen LogP contribution in [0, 0.1) is 23.7 Å². The van der Waals surface area contributed by atoms with Crippen molar-refractivity contribution < 1.29 is 0 Å². The van der Waals surface area contributed by atoms with Crippen LogP contribution in [0.5, 0.6) is 0 Å². The lowest BCUT2D eigenvalue weighted by molar-refractivity contribution is 0.514. The van der Waals surface area contributed by atoms with E-state index < -0.39 is 0 Å². The normalized spacial score (nSPS) is 45.4. The predicted molar refractivity (Wildman–Crippen MR) is 36.7 cm³/mol. The first-order chi connectivity index (χ1) is 3.64. The van der Waals surface area contributed by atoms with Gasteiger partial charge in [0.2, 0.25) is 0 Å². The smallest absolute Gasteiger partial charge is 0.0334 e. The lowest BCUT2D eigenvalue weighted by Crippen LogP contribution is -1.90. The Labute approximate surface area is 52.3 Å². The standard InChI is InChI=1S/C8H16/c1-5(2)8-6(3)7(8)4/h5-8H,1-4H3/t6-,7+,8?. The molecule has 0 aromatic heterocycles. The number of hydrogen-bond donors (Lipinski definition) is 0. The highest BCUT2D eigenvalue weighted by atomic mass is 14.5. The first kappa shape index (κ1) is 6.12. The van der Waals surface area contributed by atoms with Crippen molar-refractivity contribution in [1.29, 1.82) is 0 Å². The molecule has 1 rings (SSSR count). The van der Waals surface area contributed by atoms with E-state index in [1.165, 1.54) is 0 Å². The average molecular weight is 112 g/mol. The molecule has 0 spiro atoms. The lowest BCUT2D eigenvalue weighted by Gasteiger charge is -1.98. The van der Waals surface area contributed by atoms with Gasteiger partial charge in [0, 0.05) is 0 Å². The zero-order valence-electron chi connectivity index (χ0n) is 6.31. The summed E-state index contributed by atoms with van der Waals surface area (Å²) in [4.78, 5) is 0. The fourth-order valence-electron chi connectivity index (χ4n) is 1.92. The van der Waals surface area contributed by atoms with Gasteiger partial charge in [-0.3, -0.25) is 0 Å². The maximum Gasteiger partial charge on any atom is -0.0334 e. The summed E-state index contributed by atoms with van der Waals surface area (Å²) < 4.78 is 0. The van der Waals surface area contributed by atoms with Gasteiger partial charge in [0.1, 0.15) is 0 Å². The average Bonchev–Trinajstić information content (AvgIpc) is 2.15. The topological polar surface area (TPSA) is 0 Å². The van der Waals surface area contributed by atoms with Crippen LogP contribution < -0.4 is 0 Å². The molecule has 0 amide bonds. The molecule has 1 saturated carbocycles. The molecule has 0 heterocycles. The fraction of sp³-hybridized carbons (Fsp3) is 1.00. The van der Waals surface area contributed by atoms with Crippen LogP contribution in [0.15, 0.2) is 0 Å².